The van der Waals surface area contributed by atoms with E-state index >= 15 is 0 Å². The Labute approximate surface area is 168 Å². The fourth-order valence-electron chi connectivity index (χ4n) is 2.93. The number of rotatable bonds is 6. The van der Waals surface area contributed by atoms with Crippen molar-refractivity contribution < 1.29 is 9.53 Å². The number of imidazole rings is 1. The number of amides is 1. The number of hydrogen-bond donors (Lipinski definition) is 1. The topological polar surface area (TPSA) is 74.0 Å². The molecule has 1 unspecified atom stereocenters. The standard InChI is InChI=1S/C20H22ClN5O2/c1-13-16(19(21)26(3)24-13)9-10-17(27)23-18(20-22-11-12-25(20)2)14-5-7-15(28-4)8-6-14/h5-12,18H,1-4H3,(H,23,27)/b10-9+. The first-order valence-corrected chi connectivity index (χ1v) is 9.07. The van der Waals surface area contributed by atoms with Crippen LogP contribution in [0.5, 0.6) is 5.75 Å². The van der Waals surface area contributed by atoms with E-state index < -0.39 is 6.04 Å². The maximum Gasteiger partial charge on any atom is 0.244 e. The van der Waals surface area contributed by atoms with Crippen molar-refractivity contribution in [3.05, 3.63) is 70.5 Å². The Morgan fingerprint density at radius 2 is 2.00 bits per heavy atom. The second-order valence-corrected chi connectivity index (χ2v) is 6.72. The second-order valence-electron chi connectivity index (χ2n) is 6.36. The zero-order valence-corrected chi connectivity index (χ0v) is 16.9. The fraction of sp³-hybridized carbons (Fsp3) is 0.250. The van der Waals surface area contributed by atoms with Crippen LogP contribution in [-0.2, 0) is 18.9 Å². The van der Waals surface area contributed by atoms with E-state index in [1.807, 2.05) is 49.0 Å². The number of nitrogens with one attached hydrogen (secondary N) is 1. The third kappa shape index (κ3) is 4.09. The van der Waals surface area contributed by atoms with Crippen LogP contribution in [-0.4, -0.2) is 32.3 Å². The molecule has 0 bridgehead atoms. The number of aromatic nitrogens is 4. The molecular formula is C20H22ClN5O2. The van der Waals surface area contributed by atoms with Gasteiger partial charge in [-0.3, -0.25) is 9.48 Å². The molecule has 1 N–H and O–H groups in total. The lowest BCUT2D eigenvalue weighted by atomic mass is 10.1. The van der Waals surface area contributed by atoms with Gasteiger partial charge in [-0.1, -0.05) is 23.7 Å². The molecular weight excluding hydrogens is 378 g/mol. The number of aryl methyl sites for hydroxylation is 3. The molecule has 0 saturated heterocycles. The van der Waals surface area contributed by atoms with Gasteiger partial charge in [0.15, 0.2) is 0 Å². The summed E-state index contributed by atoms with van der Waals surface area (Å²) in [5, 5.41) is 7.74. The third-order valence-corrected chi connectivity index (χ3v) is 4.90. The Balaban J connectivity index is 1.85. The Morgan fingerprint density at radius 3 is 2.54 bits per heavy atom. The van der Waals surface area contributed by atoms with Crippen LogP contribution in [0.4, 0.5) is 0 Å². The molecule has 2 aromatic heterocycles. The molecule has 1 amide bonds. The number of nitrogens with zero attached hydrogens (tertiary/aromatic N) is 4. The van der Waals surface area contributed by atoms with Crippen molar-refractivity contribution in [3.63, 3.8) is 0 Å². The lowest BCUT2D eigenvalue weighted by Gasteiger charge is -2.18. The van der Waals surface area contributed by atoms with Gasteiger partial charge in [-0.05, 0) is 30.7 Å². The lowest BCUT2D eigenvalue weighted by Crippen LogP contribution is -2.29. The molecule has 0 saturated carbocycles. The first-order chi connectivity index (χ1) is 13.4. The van der Waals surface area contributed by atoms with E-state index in [1.54, 1.807) is 31.1 Å². The maximum atomic E-state index is 12.6. The van der Waals surface area contributed by atoms with E-state index in [1.165, 1.54) is 6.08 Å². The van der Waals surface area contributed by atoms with Crippen LogP contribution in [0.3, 0.4) is 0 Å². The van der Waals surface area contributed by atoms with Gasteiger partial charge < -0.3 is 14.6 Å². The van der Waals surface area contributed by atoms with Crippen molar-refractivity contribution in [2.75, 3.05) is 7.11 Å². The lowest BCUT2D eigenvalue weighted by molar-refractivity contribution is -0.117. The van der Waals surface area contributed by atoms with Crippen LogP contribution in [0.15, 0.2) is 42.7 Å². The normalized spacial score (nSPS) is 12.3. The Hall–Kier alpha value is -3.06. The van der Waals surface area contributed by atoms with Crippen molar-refractivity contribution in [2.24, 2.45) is 14.1 Å². The van der Waals surface area contributed by atoms with E-state index in [-0.39, 0.29) is 5.91 Å². The number of halogens is 1. The summed E-state index contributed by atoms with van der Waals surface area (Å²) in [4.78, 5) is 17.0. The van der Waals surface area contributed by atoms with Crippen LogP contribution >= 0.6 is 11.6 Å². The fourth-order valence-corrected chi connectivity index (χ4v) is 3.17. The van der Waals surface area contributed by atoms with E-state index in [0.717, 1.165) is 28.4 Å². The molecule has 0 aliphatic rings. The molecule has 0 aliphatic heterocycles. The molecule has 2 heterocycles. The van der Waals surface area contributed by atoms with Gasteiger partial charge in [0.25, 0.3) is 0 Å². The highest BCUT2D eigenvalue weighted by Crippen LogP contribution is 2.23. The van der Waals surface area contributed by atoms with Gasteiger partial charge in [-0.25, -0.2) is 4.98 Å². The van der Waals surface area contributed by atoms with Gasteiger partial charge in [0.2, 0.25) is 5.91 Å². The van der Waals surface area contributed by atoms with Crippen molar-refractivity contribution >= 4 is 23.6 Å². The summed E-state index contributed by atoms with van der Waals surface area (Å²) < 4.78 is 8.66. The molecule has 0 spiro atoms. The summed E-state index contributed by atoms with van der Waals surface area (Å²) in [5.41, 5.74) is 2.37. The average Bonchev–Trinajstić information content (AvgIpc) is 3.21. The van der Waals surface area contributed by atoms with E-state index in [0.29, 0.717) is 5.15 Å². The number of hydrogen-bond acceptors (Lipinski definition) is 4. The number of carbonyl (C=O) groups excluding carboxylic acids is 1. The quantitative estimate of drug-likeness (QED) is 0.646. The highest BCUT2D eigenvalue weighted by molar-refractivity contribution is 6.31. The minimum atomic E-state index is -0.409. The summed E-state index contributed by atoms with van der Waals surface area (Å²) in [6, 6.07) is 7.11. The van der Waals surface area contributed by atoms with E-state index in [9.17, 15) is 4.79 Å². The predicted octanol–water partition coefficient (Wildman–Crippen LogP) is 3.04. The van der Waals surface area contributed by atoms with Crippen LogP contribution in [0.2, 0.25) is 5.15 Å². The van der Waals surface area contributed by atoms with Crippen molar-refractivity contribution in [1.29, 1.82) is 0 Å². The highest BCUT2D eigenvalue weighted by atomic mass is 35.5. The molecule has 0 fully saturated rings. The van der Waals surface area contributed by atoms with Crippen LogP contribution in [0.25, 0.3) is 6.08 Å². The van der Waals surface area contributed by atoms with Gasteiger partial charge in [0.05, 0.1) is 12.8 Å². The number of carbonyl (C=O) groups is 1. The molecule has 28 heavy (non-hydrogen) atoms. The summed E-state index contributed by atoms with van der Waals surface area (Å²) in [6.07, 6.45) is 6.66. The number of methoxy groups -OCH3 is 1. The van der Waals surface area contributed by atoms with Gasteiger partial charge in [0, 0.05) is 38.1 Å². The predicted molar refractivity (Wildman–Crippen MR) is 108 cm³/mol. The zero-order chi connectivity index (χ0) is 20.3. The van der Waals surface area contributed by atoms with Crippen LogP contribution in [0, 0.1) is 6.92 Å². The highest BCUT2D eigenvalue weighted by Gasteiger charge is 2.20. The minimum Gasteiger partial charge on any atom is -0.497 e. The third-order valence-electron chi connectivity index (χ3n) is 4.45. The molecule has 8 heteroatoms. The molecule has 0 aliphatic carbocycles. The summed E-state index contributed by atoms with van der Waals surface area (Å²) in [6.45, 7) is 1.84. The van der Waals surface area contributed by atoms with Crippen molar-refractivity contribution in [3.8, 4) is 5.75 Å². The average molecular weight is 400 g/mol. The number of ether oxygens (including phenoxy) is 1. The molecule has 3 aromatic rings. The Bertz CT molecular complexity index is 1000. The van der Waals surface area contributed by atoms with Gasteiger partial charge in [-0.15, -0.1) is 0 Å². The zero-order valence-electron chi connectivity index (χ0n) is 16.2. The summed E-state index contributed by atoms with van der Waals surface area (Å²) >= 11 is 6.22. The van der Waals surface area contributed by atoms with Gasteiger partial charge in [0.1, 0.15) is 22.8 Å². The van der Waals surface area contributed by atoms with E-state index in [4.69, 9.17) is 16.3 Å². The second kappa shape index (κ2) is 8.31. The van der Waals surface area contributed by atoms with Gasteiger partial charge in [-0.2, -0.15) is 5.10 Å². The van der Waals surface area contributed by atoms with Crippen LogP contribution in [0.1, 0.15) is 28.7 Å². The monoisotopic (exact) mass is 399 g/mol. The smallest absolute Gasteiger partial charge is 0.244 e. The maximum absolute atomic E-state index is 12.6. The summed E-state index contributed by atoms with van der Waals surface area (Å²) in [5.74, 6) is 1.21. The van der Waals surface area contributed by atoms with Crippen molar-refractivity contribution in [1.82, 2.24) is 24.6 Å². The molecule has 7 nitrogen and oxygen atoms in total. The summed E-state index contributed by atoms with van der Waals surface area (Å²) in [7, 11) is 5.26. The number of benzene rings is 1. The van der Waals surface area contributed by atoms with Crippen molar-refractivity contribution in [2.45, 2.75) is 13.0 Å². The first kappa shape index (κ1) is 19.7. The molecule has 146 valence electrons. The van der Waals surface area contributed by atoms with Crippen LogP contribution < -0.4 is 10.1 Å². The largest absolute Gasteiger partial charge is 0.497 e. The SMILES string of the molecule is COc1ccc(C(NC(=O)/C=C/c2c(C)nn(C)c2Cl)c2nccn2C)cc1. The Kier molecular flexibility index (Phi) is 5.84. The molecule has 3 rings (SSSR count). The minimum absolute atomic E-state index is 0.261. The molecule has 1 aromatic carbocycles. The molecule has 1 atom stereocenters. The Morgan fingerprint density at radius 1 is 1.29 bits per heavy atom. The molecule has 0 radical (unpaired) electrons. The van der Waals surface area contributed by atoms with Gasteiger partial charge >= 0.3 is 0 Å². The van der Waals surface area contributed by atoms with E-state index in [2.05, 4.69) is 15.4 Å². The first-order valence-electron chi connectivity index (χ1n) is 8.69.